The zero-order valence-electron chi connectivity index (χ0n) is 18.4. The number of rotatable bonds is 3. The third-order valence-corrected chi connectivity index (χ3v) is 6.58. The fourth-order valence-electron chi connectivity index (χ4n) is 4.52. The molecule has 0 amide bonds. The van der Waals surface area contributed by atoms with E-state index in [1.54, 1.807) is 0 Å². The van der Waals surface area contributed by atoms with E-state index < -0.39 is 0 Å². The van der Waals surface area contributed by atoms with Gasteiger partial charge < -0.3 is 0 Å². The molecule has 0 aromatic heterocycles. The van der Waals surface area contributed by atoms with E-state index in [1.165, 1.54) is 40.7 Å². The quantitative estimate of drug-likeness (QED) is 0.313. The molecule has 0 aliphatic heterocycles. The molecule has 1 aliphatic carbocycles. The molecule has 3 aromatic rings. The zero-order chi connectivity index (χ0) is 21.4. The largest absolute Gasteiger partial charge is 0.238 e. The summed E-state index contributed by atoms with van der Waals surface area (Å²) < 4.78 is 0. The lowest BCUT2D eigenvalue weighted by Gasteiger charge is -2.42. The highest BCUT2D eigenvalue weighted by Crippen LogP contribution is 2.46. The molecular weight excluding hydrogens is 362 g/mol. The van der Waals surface area contributed by atoms with Crippen LogP contribution in [0.4, 0.5) is 5.69 Å². The van der Waals surface area contributed by atoms with Gasteiger partial charge in [-0.25, -0.2) is 4.85 Å². The number of nitrogens with zero attached hydrogens (tertiary/aromatic N) is 1. The van der Waals surface area contributed by atoms with Gasteiger partial charge in [-0.15, -0.1) is 0 Å². The molecule has 0 unspecified atom stereocenters. The molecule has 0 atom stereocenters. The molecule has 0 saturated heterocycles. The first kappa shape index (κ1) is 20.2. The fraction of sp³-hybridized carbons (Fsp3) is 0.276. The molecule has 150 valence electrons. The molecule has 1 nitrogen and oxygen atoms in total. The van der Waals surface area contributed by atoms with Gasteiger partial charge in [-0.3, -0.25) is 0 Å². The van der Waals surface area contributed by atoms with Crippen molar-refractivity contribution in [3.63, 3.8) is 0 Å². The van der Waals surface area contributed by atoms with E-state index in [4.69, 9.17) is 6.57 Å². The third-order valence-electron chi connectivity index (χ3n) is 6.58. The highest BCUT2D eigenvalue weighted by atomic mass is 14.6. The summed E-state index contributed by atoms with van der Waals surface area (Å²) in [6.45, 7) is 16.7. The average molecular weight is 392 g/mol. The Bertz CT molecular complexity index is 1120. The molecule has 0 N–H and O–H groups in total. The summed E-state index contributed by atoms with van der Waals surface area (Å²) in [6.07, 6.45) is 4.67. The van der Waals surface area contributed by atoms with Crippen molar-refractivity contribution in [3.8, 4) is 0 Å². The van der Waals surface area contributed by atoms with Crippen LogP contribution in [-0.4, -0.2) is 0 Å². The summed E-state index contributed by atoms with van der Waals surface area (Å²) in [5.74, 6) is 0. The van der Waals surface area contributed by atoms with Gasteiger partial charge in [0.15, 0.2) is 5.69 Å². The van der Waals surface area contributed by atoms with E-state index in [-0.39, 0.29) is 10.8 Å². The molecule has 1 heteroatoms. The maximum absolute atomic E-state index is 7.19. The number of fused-ring (bicyclic) bond motifs is 1. The second-order valence-electron chi connectivity index (χ2n) is 9.66. The first-order chi connectivity index (χ1) is 14.3. The average Bonchev–Trinajstić information content (AvgIpc) is 2.76. The lowest BCUT2D eigenvalue weighted by molar-refractivity contribution is 0.332. The van der Waals surface area contributed by atoms with Gasteiger partial charge in [0, 0.05) is 0 Å². The van der Waals surface area contributed by atoms with Crippen molar-refractivity contribution in [3.05, 3.63) is 112 Å². The highest BCUT2D eigenvalue weighted by Gasteiger charge is 2.37. The number of hydrogen-bond donors (Lipinski definition) is 0. The van der Waals surface area contributed by atoms with Crippen LogP contribution in [0.1, 0.15) is 68.4 Å². The van der Waals surface area contributed by atoms with E-state index >= 15 is 0 Å². The van der Waals surface area contributed by atoms with E-state index in [0.717, 1.165) is 5.56 Å². The van der Waals surface area contributed by atoms with E-state index in [0.29, 0.717) is 5.69 Å². The maximum atomic E-state index is 7.19. The molecule has 0 bridgehead atoms. The first-order valence-electron chi connectivity index (χ1n) is 10.7. The molecular formula is C29H29N. The van der Waals surface area contributed by atoms with Gasteiger partial charge in [-0.1, -0.05) is 100 Å². The topological polar surface area (TPSA) is 4.36 Å². The summed E-state index contributed by atoms with van der Waals surface area (Å²) in [5.41, 5.74) is 8.81. The normalized spacial score (nSPS) is 17.1. The van der Waals surface area contributed by atoms with Gasteiger partial charge in [-0.2, -0.15) is 0 Å². The minimum atomic E-state index is 0.180. The van der Waals surface area contributed by atoms with Crippen molar-refractivity contribution in [2.45, 2.75) is 51.4 Å². The molecule has 3 aromatic carbocycles. The summed E-state index contributed by atoms with van der Waals surface area (Å²) in [5, 5.41) is 0. The van der Waals surface area contributed by atoms with Crippen LogP contribution in [0, 0.1) is 6.57 Å². The Labute approximate surface area is 180 Å². The molecule has 0 radical (unpaired) electrons. The fourth-order valence-corrected chi connectivity index (χ4v) is 4.52. The molecule has 0 saturated carbocycles. The number of benzene rings is 3. The SMILES string of the molecule is [C-]#[N+]c1ccc(/C=C(/c2ccccc2)c2ccc3c(c2)C(C)(C)CCC3(C)C)cc1. The van der Waals surface area contributed by atoms with Crippen molar-refractivity contribution in [1.29, 1.82) is 0 Å². The van der Waals surface area contributed by atoms with E-state index in [2.05, 4.69) is 87.1 Å². The molecule has 0 fully saturated rings. The van der Waals surface area contributed by atoms with E-state index in [1.807, 2.05) is 24.3 Å². The Morgan fingerprint density at radius 1 is 0.767 bits per heavy atom. The van der Waals surface area contributed by atoms with Gasteiger partial charge >= 0.3 is 0 Å². The summed E-state index contributed by atoms with van der Waals surface area (Å²) in [7, 11) is 0. The van der Waals surface area contributed by atoms with Gasteiger partial charge in [0.05, 0.1) is 6.57 Å². The monoisotopic (exact) mass is 391 g/mol. The van der Waals surface area contributed by atoms with Crippen LogP contribution in [-0.2, 0) is 10.8 Å². The van der Waals surface area contributed by atoms with Crippen LogP contribution >= 0.6 is 0 Å². The molecule has 1 aliphatic rings. The highest BCUT2D eigenvalue weighted by molar-refractivity contribution is 5.92. The lowest BCUT2D eigenvalue weighted by Crippen LogP contribution is -2.33. The van der Waals surface area contributed by atoms with Crippen molar-refractivity contribution >= 4 is 17.3 Å². The van der Waals surface area contributed by atoms with Gasteiger partial charge in [-0.05, 0) is 63.1 Å². The van der Waals surface area contributed by atoms with Crippen molar-refractivity contribution in [1.82, 2.24) is 0 Å². The molecule has 0 heterocycles. The predicted octanol–water partition coefficient (Wildman–Crippen LogP) is 8.18. The predicted molar refractivity (Wildman–Crippen MR) is 128 cm³/mol. The Kier molecular flexibility index (Phi) is 5.12. The second-order valence-corrected chi connectivity index (χ2v) is 9.66. The van der Waals surface area contributed by atoms with Crippen LogP contribution < -0.4 is 0 Å². The summed E-state index contributed by atoms with van der Waals surface area (Å²) >= 11 is 0. The lowest BCUT2D eigenvalue weighted by atomic mass is 9.63. The van der Waals surface area contributed by atoms with Crippen molar-refractivity contribution in [2.75, 3.05) is 0 Å². The van der Waals surface area contributed by atoms with Crippen LogP contribution in [0.3, 0.4) is 0 Å². The Morgan fingerprint density at radius 3 is 2.03 bits per heavy atom. The molecule has 4 rings (SSSR count). The zero-order valence-corrected chi connectivity index (χ0v) is 18.4. The second kappa shape index (κ2) is 7.62. The first-order valence-corrected chi connectivity index (χ1v) is 10.7. The Balaban J connectivity index is 1.88. The maximum Gasteiger partial charge on any atom is 0.187 e. The van der Waals surface area contributed by atoms with Crippen molar-refractivity contribution < 1.29 is 0 Å². The van der Waals surface area contributed by atoms with Crippen LogP contribution in [0.2, 0.25) is 0 Å². The molecule has 0 spiro atoms. The summed E-state index contributed by atoms with van der Waals surface area (Å²) in [6, 6.07) is 25.5. The molecule has 30 heavy (non-hydrogen) atoms. The third kappa shape index (κ3) is 3.83. The smallest absolute Gasteiger partial charge is 0.187 e. The Hall–Kier alpha value is -3.11. The van der Waals surface area contributed by atoms with Gasteiger partial charge in [0.2, 0.25) is 0 Å². The van der Waals surface area contributed by atoms with Crippen LogP contribution in [0.25, 0.3) is 16.5 Å². The van der Waals surface area contributed by atoms with E-state index in [9.17, 15) is 0 Å². The van der Waals surface area contributed by atoms with Gasteiger partial charge in [0.1, 0.15) is 0 Å². The minimum Gasteiger partial charge on any atom is -0.238 e. The number of hydrogen-bond acceptors (Lipinski definition) is 0. The minimum absolute atomic E-state index is 0.180. The Morgan fingerprint density at radius 2 is 1.40 bits per heavy atom. The van der Waals surface area contributed by atoms with Crippen LogP contribution in [0.15, 0.2) is 72.8 Å². The van der Waals surface area contributed by atoms with Gasteiger partial charge in [0.25, 0.3) is 0 Å². The van der Waals surface area contributed by atoms with Crippen molar-refractivity contribution in [2.24, 2.45) is 0 Å². The van der Waals surface area contributed by atoms with Crippen LogP contribution in [0.5, 0.6) is 0 Å². The standard InChI is InChI=1S/C29H29N/c1-28(2)17-18-29(3,4)27-20-23(13-16-26(27)28)25(22-9-7-6-8-10-22)19-21-11-14-24(30-5)15-12-21/h6-16,19-20H,17-18H2,1-4H3/b25-19-. The summed E-state index contributed by atoms with van der Waals surface area (Å²) in [4.78, 5) is 3.51.